The molecule has 15 heteroatoms. The number of amides is 1. The Kier molecular flexibility index (Phi) is 7.92. The summed E-state index contributed by atoms with van der Waals surface area (Å²) >= 11 is 6.58. The van der Waals surface area contributed by atoms with Crippen molar-refractivity contribution in [2.45, 2.75) is 45.5 Å². The molecular weight excluding hydrogens is 609 g/mol. The third kappa shape index (κ3) is 6.81. The van der Waals surface area contributed by atoms with Crippen LogP contribution in [0.3, 0.4) is 0 Å². The van der Waals surface area contributed by atoms with E-state index in [4.69, 9.17) is 16.3 Å². The summed E-state index contributed by atoms with van der Waals surface area (Å²) in [7, 11) is 0. The van der Waals surface area contributed by atoms with Crippen molar-refractivity contribution in [3.63, 3.8) is 0 Å². The van der Waals surface area contributed by atoms with Gasteiger partial charge in [-0.25, -0.2) is 9.78 Å². The number of aromatic hydroxyl groups is 1. The highest BCUT2D eigenvalue weighted by atomic mass is 35.5. The van der Waals surface area contributed by atoms with Crippen molar-refractivity contribution in [3.8, 4) is 5.88 Å². The van der Waals surface area contributed by atoms with Gasteiger partial charge in [-0.15, -0.1) is 0 Å². The summed E-state index contributed by atoms with van der Waals surface area (Å²) in [5.41, 5.74) is -0.468. The highest BCUT2D eigenvalue weighted by Gasteiger charge is 2.34. The zero-order valence-electron chi connectivity index (χ0n) is 22.9. The van der Waals surface area contributed by atoms with Gasteiger partial charge in [0.05, 0.1) is 40.4 Å². The lowest BCUT2D eigenvalue weighted by atomic mass is 9.96. The average Bonchev–Trinajstić information content (AvgIpc) is 3.62. The number of benzene rings is 2. The molecule has 0 fully saturated rings. The number of hydrogen-bond acceptors (Lipinski definition) is 8. The summed E-state index contributed by atoms with van der Waals surface area (Å²) in [6, 6.07) is 8.46. The zero-order valence-corrected chi connectivity index (χ0v) is 24.5. The van der Waals surface area contributed by atoms with Gasteiger partial charge in [0.2, 0.25) is 11.8 Å². The van der Waals surface area contributed by atoms with Crippen LogP contribution >= 0.6 is 22.9 Å². The van der Waals surface area contributed by atoms with Crippen molar-refractivity contribution in [2.24, 2.45) is 10.2 Å². The average molecular weight is 633 g/mol. The molecule has 0 bridgehead atoms. The number of aromatic amines is 1. The smallest absolute Gasteiger partial charge is 0.416 e. The number of fused-ring (bicyclic) bond motifs is 1. The number of rotatable bonds is 6. The molecule has 3 heterocycles. The maximum Gasteiger partial charge on any atom is 0.416 e. The highest BCUT2D eigenvalue weighted by molar-refractivity contribution is 7.10. The second kappa shape index (κ2) is 11.3. The van der Waals surface area contributed by atoms with E-state index in [2.05, 4.69) is 25.5 Å². The van der Waals surface area contributed by atoms with Crippen LogP contribution < -0.4 is 20.8 Å². The summed E-state index contributed by atoms with van der Waals surface area (Å²) < 4.78 is 48.2. The summed E-state index contributed by atoms with van der Waals surface area (Å²) in [5, 5.41) is 22.5. The lowest BCUT2D eigenvalue weighted by molar-refractivity contribution is -0.138. The molecule has 2 aromatic heterocycles. The first-order chi connectivity index (χ1) is 20.2. The van der Waals surface area contributed by atoms with Crippen LogP contribution in [0.4, 0.5) is 23.9 Å². The Morgan fingerprint density at radius 3 is 2.67 bits per heavy atom. The molecule has 0 radical (unpaired) electrons. The van der Waals surface area contributed by atoms with Crippen LogP contribution in [-0.4, -0.2) is 37.6 Å². The number of alkyl halides is 3. The number of carbonyl (C=O) groups excluding carboxylic acids is 1. The van der Waals surface area contributed by atoms with Crippen LogP contribution in [0.25, 0.3) is 5.57 Å². The summed E-state index contributed by atoms with van der Waals surface area (Å²) in [6.45, 7) is 4.95. The van der Waals surface area contributed by atoms with E-state index in [0.29, 0.717) is 33.2 Å². The van der Waals surface area contributed by atoms with Gasteiger partial charge in [0.25, 0.3) is 0 Å². The number of hydrogen-bond donors (Lipinski definition) is 3. The fraction of sp³-hybridized carbons (Fsp3) is 0.250. The second-order valence-electron chi connectivity index (χ2n) is 10.6. The van der Waals surface area contributed by atoms with Crippen molar-refractivity contribution < 1.29 is 27.8 Å². The third-order valence-corrected chi connectivity index (χ3v) is 7.46. The molecule has 5 rings (SSSR count). The Bertz CT molecular complexity index is 1940. The van der Waals surface area contributed by atoms with Gasteiger partial charge in [-0.2, -0.15) is 23.4 Å². The predicted molar refractivity (Wildman–Crippen MR) is 155 cm³/mol. The Morgan fingerprint density at radius 1 is 1.19 bits per heavy atom. The van der Waals surface area contributed by atoms with Crippen LogP contribution in [-0.2, 0) is 23.9 Å². The van der Waals surface area contributed by atoms with Crippen LogP contribution in [0.5, 0.6) is 5.88 Å². The van der Waals surface area contributed by atoms with Gasteiger partial charge in [-0.05, 0) is 61.4 Å². The number of imidazole rings is 1. The standard InChI is InChI=1S/C28H24ClF3N6O4S/c1-27(2,3)42-25(40)36-24-33-12-18(35-24)13-38-23(39)22(43-26(38)41)19(14-5-7-21-16(8-14)11-34-37-21)9-15-4-6-17(29)10-20(15)28(30,31)32/h4-8,10-12,39H,9,13H2,1-3H3,(H2,33,35,36,40). The molecule has 0 saturated heterocycles. The second-order valence-corrected chi connectivity index (χ2v) is 12.0. The molecule has 2 aromatic carbocycles. The van der Waals surface area contributed by atoms with Crippen molar-refractivity contribution in [2.75, 3.05) is 5.32 Å². The molecule has 1 aliphatic rings. The van der Waals surface area contributed by atoms with Gasteiger partial charge in [0.1, 0.15) is 5.60 Å². The van der Waals surface area contributed by atoms with Gasteiger partial charge in [0.15, 0.2) is 0 Å². The molecule has 43 heavy (non-hydrogen) atoms. The van der Waals surface area contributed by atoms with Gasteiger partial charge in [-0.3, -0.25) is 14.7 Å². The minimum Gasteiger partial charge on any atom is -0.493 e. The number of carbonyl (C=O) groups is 1. The fourth-order valence-corrected chi connectivity index (χ4v) is 5.49. The lowest BCUT2D eigenvalue weighted by Crippen LogP contribution is -2.27. The van der Waals surface area contributed by atoms with E-state index < -0.39 is 34.2 Å². The van der Waals surface area contributed by atoms with Crippen molar-refractivity contribution in [3.05, 3.63) is 95.1 Å². The van der Waals surface area contributed by atoms with E-state index in [1.54, 1.807) is 39.0 Å². The molecule has 0 unspecified atom stereocenters. The van der Waals surface area contributed by atoms with Crippen LogP contribution in [0.1, 0.15) is 48.0 Å². The number of thiazole rings is 1. The Morgan fingerprint density at radius 2 is 1.95 bits per heavy atom. The number of ether oxygens (including phenoxy) is 1. The molecule has 0 spiro atoms. The number of halogens is 4. The van der Waals surface area contributed by atoms with E-state index in [9.17, 15) is 27.9 Å². The number of anilines is 1. The maximum atomic E-state index is 14.0. The van der Waals surface area contributed by atoms with Crippen LogP contribution in [0, 0.1) is 0 Å². The Labute approximate surface area is 250 Å². The quantitative estimate of drug-likeness (QED) is 0.280. The van der Waals surface area contributed by atoms with Crippen molar-refractivity contribution >= 4 is 46.8 Å². The summed E-state index contributed by atoms with van der Waals surface area (Å²) in [5.74, 6) is -0.380. The molecule has 4 aromatic rings. The monoisotopic (exact) mass is 632 g/mol. The van der Waals surface area contributed by atoms with Crippen LogP contribution in [0.2, 0.25) is 5.02 Å². The molecule has 10 nitrogen and oxygen atoms in total. The minimum atomic E-state index is -4.69. The number of nitrogens with one attached hydrogen (secondary N) is 2. The Balaban J connectivity index is 1.55. The van der Waals surface area contributed by atoms with Gasteiger partial charge >= 0.3 is 17.1 Å². The number of nitrogens with zero attached hydrogens (tertiary/aromatic N) is 4. The zero-order chi connectivity index (χ0) is 31.1. The van der Waals surface area contributed by atoms with E-state index in [1.807, 2.05) is 0 Å². The minimum absolute atomic E-state index is 0.0622. The van der Waals surface area contributed by atoms with E-state index in [1.165, 1.54) is 24.5 Å². The predicted octanol–water partition coefficient (Wildman–Crippen LogP) is 4.81. The molecule has 3 N–H and O–H groups in total. The molecular formula is C28H24ClF3N6O4S. The van der Waals surface area contributed by atoms with E-state index in [0.717, 1.165) is 10.6 Å². The summed E-state index contributed by atoms with van der Waals surface area (Å²) in [4.78, 5) is 31.6. The highest BCUT2D eigenvalue weighted by Crippen LogP contribution is 2.37. The topological polar surface area (TPSA) is 134 Å². The largest absolute Gasteiger partial charge is 0.493 e. The van der Waals surface area contributed by atoms with Gasteiger partial charge < -0.3 is 14.8 Å². The number of H-pyrrole nitrogens is 1. The van der Waals surface area contributed by atoms with Gasteiger partial charge in [-0.1, -0.05) is 35.1 Å². The fourth-order valence-electron chi connectivity index (χ4n) is 4.37. The van der Waals surface area contributed by atoms with Crippen molar-refractivity contribution in [1.29, 1.82) is 0 Å². The van der Waals surface area contributed by atoms with E-state index >= 15 is 0 Å². The third-order valence-electron chi connectivity index (χ3n) is 6.20. The first-order valence-electron chi connectivity index (χ1n) is 12.7. The van der Waals surface area contributed by atoms with E-state index in [-0.39, 0.29) is 40.0 Å². The molecule has 0 saturated carbocycles. The molecule has 1 amide bonds. The Hall–Kier alpha value is -4.43. The molecule has 0 aliphatic carbocycles. The SMILES string of the molecule is CC(C)(C)OC(=O)Nc1ncc(Cn2c(O)c(C(Cc3ccc(Cl)cc3C(F)(F)F)=c3ccc4c(c3)C=NN=4)sc2=O)[nH]1. The first-order valence-corrected chi connectivity index (χ1v) is 13.9. The summed E-state index contributed by atoms with van der Waals surface area (Å²) in [6.07, 6.45) is -2.83. The normalized spacial score (nSPS) is 13.5. The molecule has 1 aliphatic heterocycles. The lowest BCUT2D eigenvalue weighted by Gasteiger charge is -2.18. The number of aromatic nitrogens is 3. The van der Waals surface area contributed by atoms with Gasteiger partial charge in [0, 0.05) is 17.0 Å². The van der Waals surface area contributed by atoms with Crippen molar-refractivity contribution in [1.82, 2.24) is 14.5 Å². The first kappa shape index (κ1) is 30.0. The van der Waals surface area contributed by atoms with Crippen LogP contribution in [0.15, 0.2) is 57.6 Å². The molecule has 224 valence electrons. The molecule has 0 atom stereocenters. The maximum absolute atomic E-state index is 14.0.